The van der Waals surface area contributed by atoms with Gasteiger partial charge in [0.2, 0.25) is 0 Å². The average Bonchev–Trinajstić information content (AvgIpc) is 3.07. The zero-order valence-corrected chi connectivity index (χ0v) is 19.7. The van der Waals surface area contributed by atoms with E-state index in [0.29, 0.717) is 23.4 Å². The number of hydrogen-bond acceptors (Lipinski definition) is 2. The molecule has 1 atom stereocenters. The average molecular weight is 402 g/mol. The van der Waals surface area contributed by atoms with E-state index in [1.807, 2.05) is 18.2 Å². The van der Waals surface area contributed by atoms with Gasteiger partial charge in [0.15, 0.2) is 5.69 Å². The first kappa shape index (κ1) is 22.0. The van der Waals surface area contributed by atoms with Crippen LogP contribution in [-0.4, -0.2) is 6.17 Å². The Kier molecular flexibility index (Phi) is 6.27. The minimum atomic E-state index is 0.143. The first-order valence-corrected chi connectivity index (χ1v) is 11.1. The molecular formula is C27H35N3. The van der Waals surface area contributed by atoms with E-state index in [4.69, 9.17) is 6.57 Å². The van der Waals surface area contributed by atoms with Crippen molar-refractivity contribution >= 4 is 17.1 Å². The van der Waals surface area contributed by atoms with Crippen LogP contribution < -0.4 is 9.80 Å². The Morgan fingerprint density at radius 1 is 0.833 bits per heavy atom. The number of rotatable bonds is 5. The van der Waals surface area contributed by atoms with Crippen LogP contribution in [0.2, 0.25) is 0 Å². The highest BCUT2D eigenvalue weighted by atomic mass is 15.4. The maximum absolute atomic E-state index is 7.39. The molecular weight excluding hydrogens is 366 g/mol. The predicted octanol–water partition coefficient (Wildman–Crippen LogP) is 8.06. The molecule has 1 heterocycles. The Morgan fingerprint density at radius 3 is 1.90 bits per heavy atom. The van der Waals surface area contributed by atoms with Gasteiger partial charge in [0.05, 0.1) is 6.57 Å². The molecule has 0 amide bonds. The van der Waals surface area contributed by atoms with E-state index in [0.717, 1.165) is 5.69 Å². The second-order valence-corrected chi connectivity index (χ2v) is 9.34. The molecule has 1 aliphatic rings. The topological polar surface area (TPSA) is 10.8 Å². The van der Waals surface area contributed by atoms with E-state index in [-0.39, 0.29) is 6.17 Å². The molecule has 158 valence electrons. The fourth-order valence-corrected chi connectivity index (χ4v) is 4.23. The SMILES string of the molecule is [C-]#[N+]c1ccc(C)c(N2C=CN(c3c(C(C)C)cc(C(C)C)cc3C(C)C)[C@@H]2C)c1. The largest absolute Gasteiger partial charge is 0.327 e. The summed E-state index contributed by atoms with van der Waals surface area (Å²) in [4.78, 5) is 8.33. The maximum Gasteiger partial charge on any atom is 0.189 e. The van der Waals surface area contributed by atoms with Crippen LogP contribution in [0.1, 0.15) is 88.5 Å². The Labute approximate surface area is 182 Å². The van der Waals surface area contributed by atoms with Crippen molar-refractivity contribution in [3.8, 4) is 0 Å². The molecule has 0 fully saturated rings. The monoisotopic (exact) mass is 401 g/mol. The van der Waals surface area contributed by atoms with Gasteiger partial charge in [-0.2, -0.15) is 0 Å². The fraction of sp³-hybridized carbons (Fsp3) is 0.444. The van der Waals surface area contributed by atoms with Crippen LogP contribution in [0.3, 0.4) is 0 Å². The van der Waals surface area contributed by atoms with E-state index in [1.54, 1.807) is 0 Å². The Balaban J connectivity index is 2.11. The zero-order chi connectivity index (χ0) is 22.2. The van der Waals surface area contributed by atoms with Crippen LogP contribution in [0.4, 0.5) is 17.1 Å². The molecule has 0 saturated carbocycles. The third kappa shape index (κ3) is 3.97. The number of anilines is 2. The molecule has 2 aromatic carbocycles. The van der Waals surface area contributed by atoms with Gasteiger partial charge in [-0.1, -0.05) is 65.8 Å². The minimum absolute atomic E-state index is 0.143. The number of nitrogens with zero attached hydrogens (tertiary/aromatic N) is 3. The highest BCUT2D eigenvalue weighted by molar-refractivity contribution is 5.72. The summed E-state index contributed by atoms with van der Waals surface area (Å²) in [7, 11) is 0. The summed E-state index contributed by atoms with van der Waals surface area (Å²) in [6, 6.07) is 10.8. The Morgan fingerprint density at radius 2 is 1.40 bits per heavy atom. The molecule has 0 saturated heterocycles. The summed E-state index contributed by atoms with van der Waals surface area (Å²) in [5.74, 6) is 1.40. The van der Waals surface area contributed by atoms with Crippen LogP contribution in [0.15, 0.2) is 42.7 Å². The van der Waals surface area contributed by atoms with Gasteiger partial charge in [0.1, 0.15) is 6.17 Å². The maximum atomic E-state index is 7.39. The summed E-state index contributed by atoms with van der Waals surface area (Å²) in [5, 5.41) is 0. The minimum Gasteiger partial charge on any atom is -0.327 e. The third-order valence-corrected chi connectivity index (χ3v) is 6.15. The summed E-state index contributed by atoms with van der Waals surface area (Å²) in [6.07, 6.45) is 4.51. The van der Waals surface area contributed by atoms with Crippen LogP contribution >= 0.6 is 0 Å². The highest BCUT2D eigenvalue weighted by Gasteiger charge is 2.30. The van der Waals surface area contributed by atoms with Crippen molar-refractivity contribution in [1.29, 1.82) is 0 Å². The van der Waals surface area contributed by atoms with Crippen molar-refractivity contribution in [3.63, 3.8) is 0 Å². The third-order valence-electron chi connectivity index (χ3n) is 6.15. The molecule has 0 spiro atoms. The first-order chi connectivity index (χ1) is 14.1. The standard InChI is InChI=1S/C27H35N3/c1-17(2)22-14-24(18(3)4)27(25(15-22)19(5)6)30-13-12-29(21(30)8)26-16-23(28-9)11-10-20(26)7/h10-19,21H,1-8H3/t21-/m1/s1. The quantitative estimate of drug-likeness (QED) is 0.469. The lowest BCUT2D eigenvalue weighted by Gasteiger charge is -2.35. The van der Waals surface area contributed by atoms with Crippen LogP contribution in [0, 0.1) is 13.5 Å². The first-order valence-electron chi connectivity index (χ1n) is 11.1. The van der Waals surface area contributed by atoms with Gasteiger partial charge in [0.25, 0.3) is 0 Å². The van der Waals surface area contributed by atoms with Crippen molar-refractivity contribution in [2.45, 2.75) is 79.3 Å². The molecule has 0 bridgehead atoms. The Hall–Kier alpha value is -2.73. The molecule has 1 aliphatic heterocycles. The second-order valence-electron chi connectivity index (χ2n) is 9.34. The number of hydrogen-bond donors (Lipinski definition) is 0. The van der Waals surface area contributed by atoms with Crippen molar-refractivity contribution in [1.82, 2.24) is 0 Å². The van der Waals surface area contributed by atoms with Gasteiger partial charge in [-0.05, 0) is 59.9 Å². The lowest BCUT2D eigenvalue weighted by Crippen LogP contribution is -2.37. The van der Waals surface area contributed by atoms with Crippen molar-refractivity contribution in [2.75, 3.05) is 9.80 Å². The van der Waals surface area contributed by atoms with Crippen LogP contribution in [-0.2, 0) is 0 Å². The zero-order valence-electron chi connectivity index (χ0n) is 19.7. The predicted molar refractivity (Wildman–Crippen MR) is 130 cm³/mol. The molecule has 3 nitrogen and oxygen atoms in total. The summed E-state index contributed by atoms with van der Waals surface area (Å²) in [6.45, 7) is 25.5. The summed E-state index contributed by atoms with van der Waals surface area (Å²) >= 11 is 0. The van der Waals surface area contributed by atoms with E-state index in [1.165, 1.54) is 27.9 Å². The van der Waals surface area contributed by atoms with Gasteiger partial charge < -0.3 is 9.80 Å². The molecule has 0 N–H and O–H groups in total. The summed E-state index contributed by atoms with van der Waals surface area (Å²) < 4.78 is 0. The molecule has 0 radical (unpaired) electrons. The van der Waals surface area contributed by atoms with Gasteiger partial charge >= 0.3 is 0 Å². The molecule has 2 aromatic rings. The van der Waals surface area contributed by atoms with Crippen molar-refractivity contribution in [3.05, 3.63) is 76.4 Å². The second kappa shape index (κ2) is 8.56. The van der Waals surface area contributed by atoms with Crippen molar-refractivity contribution < 1.29 is 0 Å². The fourth-order valence-electron chi connectivity index (χ4n) is 4.23. The smallest absolute Gasteiger partial charge is 0.189 e. The van der Waals surface area contributed by atoms with E-state index in [9.17, 15) is 0 Å². The van der Waals surface area contributed by atoms with E-state index >= 15 is 0 Å². The molecule has 0 aliphatic carbocycles. The summed E-state index contributed by atoms with van der Waals surface area (Å²) in [5.41, 5.74) is 8.55. The molecule has 3 heteroatoms. The number of aryl methyl sites for hydroxylation is 1. The molecule has 0 unspecified atom stereocenters. The van der Waals surface area contributed by atoms with Gasteiger partial charge in [-0.15, -0.1) is 0 Å². The lowest BCUT2D eigenvalue weighted by molar-refractivity contribution is 0.723. The van der Waals surface area contributed by atoms with E-state index in [2.05, 4.69) is 94.6 Å². The highest BCUT2D eigenvalue weighted by Crippen LogP contribution is 2.42. The van der Waals surface area contributed by atoms with Gasteiger partial charge in [-0.3, -0.25) is 0 Å². The molecule has 3 rings (SSSR count). The van der Waals surface area contributed by atoms with Crippen LogP contribution in [0.5, 0.6) is 0 Å². The molecule has 0 aromatic heterocycles. The normalized spacial score (nSPS) is 16.3. The van der Waals surface area contributed by atoms with Crippen molar-refractivity contribution in [2.24, 2.45) is 0 Å². The molecule has 30 heavy (non-hydrogen) atoms. The number of benzene rings is 2. The van der Waals surface area contributed by atoms with Gasteiger partial charge in [-0.25, -0.2) is 4.85 Å². The van der Waals surface area contributed by atoms with E-state index < -0.39 is 0 Å². The van der Waals surface area contributed by atoms with Gasteiger partial charge in [0, 0.05) is 23.8 Å². The lowest BCUT2D eigenvalue weighted by atomic mass is 9.87. The Bertz CT molecular complexity index is 963. The van der Waals surface area contributed by atoms with Crippen LogP contribution in [0.25, 0.3) is 4.85 Å².